The molecule has 0 aromatic carbocycles. The van der Waals surface area contributed by atoms with Crippen molar-refractivity contribution in [3.63, 3.8) is 0 Å². The van der Waals surface area contributed by atoms with Crippen molar-refractivity contribution >= 4 is 42.3 Å². The summed E-state index contributed by atoms with van der Waals surface area (Å²) in [4.78, 5) is 1.05. The molecule has 0 aromatic rings. The van der Waals surface area contributed by atoms with Gasteiger partial charge in [0.1, 0.15) is 0 Å². The molecule has 0 atom stereocenters. The Labute approximate surface area is 69.2 Å². The Morgan fingerprint density at radius 3 is 2.00 bits per heavy atom. The van der Waals surface area contributed by atoms with Crippen LogP contribution in [-0.2, 0) is 0 Å². The number of hydrogen-bond donors (Lipinski definition) is 0. The first kappa shape index (κ1) is 7.32. The van der Waals surface area contributed by atoms with E-state index in [-0.39, 0.29) is 0 Å². The first-order chi connectivity index (χ1) is 4.18. The topological polar surface area (TPSA) is 3.24 Å². The third-order valence-corrected chi connectivity index (χ3v) is 1.38. The normalized spacial score (nSPS) is 18.3. The van der Waals surface area contributed by atoms with Gasteiger partial charge in [-0.05, 0) is 0 Å². The van der Waals surface area contributed by atoms with Gasteiger partial charge in [-0.25, -0.2) is 0 Å². The largest absolute Gasteiger partial charge is 0.268 e. The summed E-state index contributed by atoms with van der Waals surface area (Å²) in [7, 11) is 1.61. The van der Waals surface area contributed by atoms with E-state index in [1.165, 1.54) is 4.42 Å². The van der Waals surface area contributed by atoms with Crippen LogP contribution in [0.5, 0.6) is 0 Å². The molecule has 0 amide bonds. The zero-order chi connectivity index (χ0) is 6.85. The fourth-order valence-electron chi connectivity index (χ4n) is 0.479. The van der Waals surface area contributed by atoms with Gasteiger partial charge < -0.3 is 0 Å². The average molecular weight is 181 g/mol. The molecule has 0 N–H and O–H groups in total. The van der Waals surface area contributed by atoms with E-state index in [9.17, 15) is 0 Å². The van der Waals surface area contributed by atoms with E-state index in [1.807, 2.05) is 0 Å². The van der Waals surface area contributed by atoms with E-state index < -0.39 is 0 Å². The van der Waals surface area contributed by atoms with Crippen LogP contribution >= 0.6 is 35.0 Å². The van der Waals surface area contributed by atoms with Crippen molar-refractivity contribution in [2.24, 2.45) is 0 Å². The standard InChI is InChI=1S/C4H2BCl3N/c6-3-1-9(8)2-4(7)5-3/h1-2H. The molecule has 0 fully saturated rings. The van der Waals surface area contributed by atoms with Crippen LogP contribution in [-0.4, -0.2) is 11.7 Å². The van der Waals surface area contributed by atoms with Crippen molar-refractivity contribution < 1.29 is 0 Å². The van der Waals surface area contributed by atoms with Crippen LogP contribution in [0.15, 0.2) is 22.3 Å². The van der Waals surface area contributed by atoms with Crippen molar-refractivity contribution in [2.45, 2.75) is 0 Å². The molecule has 1 aliphatic heterocycles. The van der Waals surface area contributed by atoms with Gasteiger partial charge >= 0.3 is 0 Å². The van der Waals surface area contributed by atoms with Gasteiger partial charge in [0, 0.05) is 34.0 Å². The molecule has 0 aromatic heterocycles. The Balaban J connectivity index is 2.69. The van der Waals surface area contributed by atoms with Gasteiger partial charge in [0.15, 0.2) is 0 Å². The van der Waals surface area contributed by atoms with Gasteiger partial charge in [-0.1, -0.05) is 23.2 Å². The van der Waals surface area contributed by atoms with Crippen LogP contribution in [0.25, 0.3) is 0 Å². The maximum Gasteiger partial charge on any atom is 0.227 e. The van der Waals surface area contributed by atoms with Gasteiger partial charge in [0.05, 0.1) is 0 Å². The van der Waals surface area contributed by atoms with Crippen LogP contribution in [0.2, 0.25) is 0 Å². The van der Waals surface area contributed by atoms with Crippen LogP contribution < -0.4 is 0 Å². The Morgan fingerprint density at radius 2 is 1.67 bits per heavy atom. The Bertz CT molecular complexity index is 159. The highest BCUT2D eigenvalue weighted by Crippen LogP contribution is 2.17. The minimum Gasteiger partial charge on any atom is -0.268 e. The lowest BCUT2D eigenvalue weighted by molar-refractivity contribution is 0.824. The van der Waals surface area contributed by atoms with E-state index >= 15 is 0 Å². The van der Waals surface area contributed by atoms with Crippen molar-refractivity contribution in [1.82, 2.24) is 4.42 Å². The second-order valence-corrected chi connectivity index (χ2v) is 2.78. The van der Waals surface area contributed by atoms with Crippen LogP contribution in [0.1, 0.15) is 0 Å². The van der Waals surface area contributed by atoms with Gasteiger partial charge in [0.2, 0.25) is 7.28 Å². The molecule has 0 unspecified atom stereocenters. The molecule has 1 rings (SSSR count). The van der Waals surface area contributed by atoms with Crippen LogP contribution in [0.3, 0.4) is 0 Å². The molecule has 0 bridgehead atoms. The zero-order valence-electron chi connectivity index (χ0n) is 4.31. The van der Waals surface area contributed by atoms with Crippen LogP contribution in [0, 0.1) is 0 Å². The Kier molecular flexibility index (Phi) is 2.33. The third-order valence-electron chi connectivity index (χ3n) is 0.769. The summed E-state index contributed by atoms with van der Waals surface area (Å²) >= 11 is 16.6. The monoisotopic (exact) mass is 180 g/mol. The molecular weight excluding hydrogens is 179 g/mol. The van der Waals surface area contributed by atoms with Gasteiger partial charge in [-0.15, -0.1) is 0 Å². The molecule has 0 aliphatic carbocycles. The lowest BCUT2D eigenvalue weighted by Crippen LogP contribution is -2.06. The summed E-state index contributed by atoms with van der Waals surface area (Å²) in [5, 5.41) is 0. The third kappa shape index (κ3) is 2.13. The molecule has 1 radical (unpaired) electrons. The van der Waals surface area contributed by atoms with E-state index in [2.05, 4.69) is 0 Å². The fraction of sp³-hybridized carbons (Fsp3) is 0. The summed E-state index contributed by atoms with van der Waals surface area (Å²) in [6.07, 6.45) is 3.10. The SMILES string of the molecule is ClC1=CN(Cl)C=C(Cl)[B]1. The lowest BCUT2D eigenvalue weighted by Gasteiger charge is -2.10. The predicted molar refractivity (Wildman–Crippen MR) is 41.3 cm³/mol. The molecule has 0 spiro atoms. The molecule has 1 nitrogen and oxygen atoms in total. The summed E-state index contributed by atoms with van der Waals surface area (Å²) in [5.41, 5.74) is 0. The highest BCUT2D eigenvalue weighted by Gasteiger charge is 2.07. The molecule has 0 saturated carbocycles. The fourth-order valence-corrected chi connectivity index (χ4v) is 1.29. The lowest BCUT2D eigenvalue weighted by atomic mass is 9.77. The summed E-state index contributed by atoms with van der Waals surface area (Å²) in [5.74, 6) is 0. The first-order valence-electron chi connectivity index (χ1n) is 2.22. The maximum atomic E-state index is 5.56. The highest BCUT2D eigenvalue weighted by molar-refractivity contribution is 6.77. The summed E-state index contributed by atoms with van der Waals surface area (Å²) < 4.78 is 1.28. The minimum absolute atomic E-state index is 0.525. The van der Waals surface area contributed by atoms with Gasteiger partial charge in [-0.3, -0.25) is 4.42 Å². The quantitative estimate of drug-likeness (QED) is 0.409. The van der Waals surface area contributed by atoms with Crippen molar-refractivity contribution in [3.8, 4) is 0 Å². The van der Waals surface area contributed by atoms with Gasteiger partial charge in [0.25, 0.3) is 0 Å². The molecule has 0 saturated heterocycles. The second-order valence-electron chi connectivity index (χ2n) is 1.52. The minimum atomic E-state index is 0.525. The predicted octanol–water partition coefficient (Wildman–Crippen LogP) is 2.24. The van der Waals surface area contributed by atoms with Crippen LogP contribution in [0.4, 0.5) is 0 Å². The van der Waals surface area contributed by atoms with Gasteiger partial charge in [-0.2, -0.15) is 0 Å². The highest BCUT2D eigenvalue weighted by atomic mass is 35.5. The second kappa shape index (κ2) is 2.87. The Morgan fingerprint density at radius 1 is 1.22 bits per heavy atom. The summed E-state index contributed by atoms with van der Waals surface area (Å²) in [6, 6.07) is 0. The zero-order valence-corrected chi connectivity index (χ0v) is 6.58. The van der Waals surface area contributed by atoms with E-state index in [0.29, 0.717) is 9.86 Å². The average Bonchev–Trinajstić information content (AvgIpc) is 1.59. The van der Waals surface area contributed by atoms with E-state index in [4.69, 9.17) is 35.0 Å². The first-order valence-corrected chi connectivity index (χ1v) is 3.31. The maximum absolute atomic E-state index is 5.56. The number of nitrogens with zero attached hydrogens (tertiary/aromatic N) is 1. The molecule has 1 heterocycles. The van der Waals surface area contributed by atoms with E-state index in [1.54, 1.807) is 19.7 Å². The number of halogens is 3. The van der Waals surface area contributed by atoms with E-state index in [0.717, 1.165) is 0 Å². The molecule has 9 heavy (non-hydrogen) atoms. The molecule has 5 heteroatoms. The van der Waals surface area contributed by atoms with Crippen molar-refractivity contribution in [2.75, 3.05) is 0 Å². The summed E-state index contributed by atoms with van der Waals surface area (Å²) in [6.45, 7) is 0. The Hall–Kier alpha value is 0.215. The number of hydrogen-bond acceptors (Lipinski definition) is 1. The molecule has 47 valence electrons. The molecule has 1 aliphatic rings. The number of rotatable bonds is 0. The molecular formula is C4H2BCl3N. The van der Waals surface area contributed by atoms with Crippen molar-refractivity contribution in [1.29, 1.82) is 0 Å². The van der Waals surface area contributed by atoms with Crippen molar-refractivity contribution in [3.05, 3.63) is 22.3 Å². The smallest absolute Gasteiger partial charge is 0.227 e.